The Morgan fingerprint density at radius 3 is 2.63 bits per heavy atom. The van der Waals surface area contributed by atoms with Gasteiger partial charge in [0.2, 0.25) is 11.8 Å². The van der Waals surface area contributed by atoms with E-state index >= 15 is 0 Å². The van der Waals surface area contributed by atoms with Crippen molar-refractivity contribution in [3.63, 3.8) is 0 Å². The van der Waals surface area contributed by atoms with Gasteiger partial charge in [0.05, 0.1) is 22.0 Å². The Bertz CT molecular complexity index is 1870. The summed E-state index contributed by atoms with van der Waals surface area (Å²) in [6, 6.07) is 21.3. The summed E-state index contributed by atoms with van der Waals surface area (Å²) >= 11 is 6.19. The normalized spacial score (nSPS) is 15.0. The summed E-state index contributed by atoms with van der Waals surface area (Å²) < 4.78 is 35.6. The molecule has 0 saturated carbocycles. The number of ether oxygens (including phenoxy) is 1. The van der Waals surface area contributed by atoms with Crippen LogP contribution in [0.15, 0.2) is 90.1 Å². The van der Waals surface area contributed by atoms with E-state index in [-0.39, 0.29) is 28.4 Å². The molecule has 1 aliphatic heterocycles. The number of fused-ring (bicyclic) bond motifs is 1. The summed E-state index contributed by atoms with van der Waals surface area (Å²) in [5.41, 5.74) is 2.64. The summed E-state index contributed by atoms with van der Waals surface area (Å²) in [4.78, 5) is 13.7. The SMILES string of the molecule is Cc1ccc2c(NS(=O)(=O)c3ccccc3Cl)cccc2c1Oc1ncccc1-c1ccnc(N[C@H]2CCCNC2)n1.Cl. The molecule has 1 aliphatic rings. The first-order chi connectivity index (χ1) is 20.4. The molecular formula is C31H30Cl2N6O3S. The zero-order valence-corrected chi connectivity index (χ0v) is 25.6. The predicted octanol–water partition coefficient (Wildman–Crippen LogP) is 6.83. The number of piperidine rings is 1. The summed E-state index contributed by atoms with van der Waals surface area (Å²) in [5.74, 6) is 1.49. The molecule has 12 heteroatoms. The Labute approximate surface area is 261 Å². The van der Waals surface area contributed by atoms with E-state index in [1.54, 1.807) is 42.7 Å². The van der Waals surface area contributed by atoms with E-state index in [0.717, 1.165) is 36.9 Å². The van der Waals surface area contributed by atoms with Crippen molar-refractivity contribution < 1.29 is 13.2 Å². The molecule has 0 unspecified atom stereocenters. The molecule has 9 nitrogen and oxygen atoms in total. The van der Waals surface area contributed by atoms with Crippen molar-refractivity contribution in [2.75, 3.05) is 23.1 Å². The van der Waals surface area contributed by atoms with E-state index in [0.29, 0.717) is 39.9 Å². The Morgan fingerprint density at radius 2 is 1.81 bits per heavy atom. The highest BCUT2D eigenvalue weighted by Gasteiger charge is 2.21. The van der Waals surface area contributed by atoms with Crippen LogP contribution < -0.4 is 20.1 Å². The number of sulfonamides is 1. The number of pyridine rings is 1. The van der Waals surface area contributed by atoms with Crippen LogP contribution in [0.1, 0.15) is 18.4 Å². The Kier molecular flexibility index (Phi) is 9.31. The fourth-order valence-electron chi connectivity index (χ4n) is 5.03. The zero-order chi connectivity index (χ0) is 29.1. The molecular weight excluding hydrogens is 607 g/mol. The van der Waals surface area contributed by atoms with Crippen LogP contribution in [0.5, 0.6) is 11.6 Å². The molecule has 1 saturated heterocycles. The third kappa shape index (κ3) is 6.67. The second-order valence-electron chi connectivity index (χ2n) is 10.1. The minimum Gasteiger partial charge on any atom is -0.437 e. The molecule has 0 bridgehead atoms. The summed E-state index contributed by atoms with van der Waals surface area (Å²) in [5, 5.41) is 8.35. The van der Waals surface area contributed by atoms with E-state index in [2.05, 4.69) is 25.3 Å². The Hall–Kier alpha value is -3.96. The highest BCUT2D eigenvalue weighted by molar-refractivity contribution is 7.92. The molecule has 0 radical (unpaired) electrons. The van der Waals surface area contributed by atoms with Crippen LogP contribution in [0.4, 0.5) is 11.6 Å². The number of hydrogen-bond acceptors (Lipinski definition) is 8. The molecule has 3 N–H and O–H groups in total. The predicted molar refractivity (Wildman–Crippen MR) is 173 cm³/mol. The van der Waals surface area contributed by atoms with Crippen LogP contribution in [0.2, 0.25) is 5.02 Å². The smallest absolute Gasteiger partial charge is 0.263 e. The van der Waals surface area contributed by atoms with Gasteiger partial charge in [-0.1, -0.05) is 48.0 Å². The lowest BCUT2D eigenvalue weighted by atomic mass is 10.0. The molecule has 0 spiro atoms. The first-order valence-electron chi connectivity index (χ1n) is 13.6. The molecule has 6 rings (SSSR count). The summed E-state index contributed by atoms with van der Waals surface area (Å²) in [6.07, 6.45) is 5.54. The van der Waals surface area contributed by atoms with Crippen molar-refractivity contribution in [2.45, 2.75) is 30.7 Å². The number of hydrogen-bond donors (Lipinski definition) is 3. The molecule has 5 aromatic rings. The molecule has 3 aromatic carbocycles. The van der Waals surface area contributed by atoms with Crippen molar-refractivity contribution in [3.05, 3.63) is 95.8 Å². The van der Waals surface area contributed by atoms with Crippen molar-refractivity contribution in [1.29, 1.82) is 0 Å². The van der Waals surface area contributed by atoms with Gasteiger partial charge in [0.15, 0.2) is 0 Å². The number of benzene rings is 3. The first-order valence-corrected chi connectivity index (χ1v) is 15.5. The number of aryl methyl sites for hydroxylation is 1. The highest BCUT2D eigenvalue weighted by atomic mass is 35.5. The third-order valence-electron chi connectivity index (χ3n) is 7.11. The highest BCUT2D eigenvalue weighted by Crippen LogP contribution is 2.39. The molecule has 43 heavy (non-hydrogen) atoms. The Balaban J connectivity index is 0.00000368. The fraction of sp³-hybridized carbons (Fsp3) is 0.194. The van der Waals surface area contributed by atoms with Gasteiger partial charge in [-0.3, -0.25) is 4.72 Å². The van der Waals surface area contributed by atoms with Crippen LogP contribution in [0.25, 0.3) is 22.0 Å². The lowest BCUT2D eigenvalue weighted by Crippen LogP contribution is -2.38. The maximum absolute atomic E-state index is 13.2. The van der Waals surface area contributed by atoms with Crippen molar-refractivity contribution in [2.24, 2.45) is 0 Å². The maximum Gasteiger partial charge on any atom is 0.263 e. The molecule has 1 fully saturated rings. The molecule has 0 amide bonds. The lowest BCUT2D eigenvalue weighted by Gasteiger charge is -2.23. The number of nitrogens with one attached hydrogen (secondary N) is 3. The first kappa shape index (κ1) is 30.5. The van der Waals surface area contributed by atoms with Gasteiger partial charge in [-0.2, -0.15) is 0 Å². The van der Waals surface area contributed by atoms with Gasteiger partial charge < -0.3 is 15.4 Å². The largest absolute Gasteiger partial charge is 0.437 e. The molecule has 222 valence electrons. The molecule has 1 atom stereocenters. The van der Waals surface area contributed by atoms with E-state index in [1.807, 2.05) is 43.3 Å². The lowest BCUT2D eigenvalue weighted by molar-refractivity contribution is 0.466. The third-order valence-corrected chi connectivity index (χ3v) is 8.98. The van der Waals surface area contributed by atoms with Crippen molar-refractivity contribution in [3.8, 4) is 22.9 Å². The number of halogens is 2. The average Bonchev–Trinajstić information content (AvgIpc) is 2.99. The van der Waals surface area contributed by atoms with Gasteiger partial charge in [0, 0.05) is 35.8 Å². The molecule has 0 aliphatic carbocycles. The average molecular weight is 638 g/mol. The number of nitrogens with zero attached hydrogens (tertiary/aromatic N) is 3. The minimum atomic E-state index is -3.93. The minimum absolute atomic E-state index is 0. The van der Waals surface area contributed by atoms with Crippen LogP contribution in [-0.4, -0.2) is 42.5 Å². The number of aromatic nitrogens is 3. The topological polar surface area (TPSA) is 118 Å². The maximum atomic E-state index is 13.2. The summed E-state index contributed by atoms with van der Waals surface area (Å²) in [6.45, 7) is 3.83. The van der Waals surface area contributed by atoms with E-state index in [9.17, 15) is 8.42 Å². The Morgan fingerprint density at radius 1 is 0.953 bits per heavy atom. The van der Waals surface area contributed by atoms with Gasteiger partial charge in [-0.15, -0.1) is 12.4 Å². The monoisotopic (exact) mass is 636 g/mol. The molecule has 2 aromatic heterocycles. The van der Waals surface area contributed by atoms with Gasteiger partial charge in [-0.05, 0) is 68.3 Å². The van der Waals surface area contributed by atoms with E-state index in [4.69, 9.17) is 21.3 Å². The molecule has 3 heterocycles. The van der Waals surface area contributed by atoms with Gasteiger partial charge in [0.25, 0.3) is 10.0 Å². The second kappa shape index (κ2) is 13.1. The summed E-state index contributed by atoms with van der Waals surface area (Å²) in [7, 11) is -3.93. The van der Waals surface area contributed by atoms with Crippen LogP contribution >= 0.6 is 24.0 Å². The zero-order valence-electron chi connectivity index (χ0n) is 23.2. The fourth-order valence-corrected chi connectivity index (χ4v) is 6.63. The van der Waals surface area contributed by atoms with Gasteiger partial charge >= 0.3 is 0 Å². The van der Waals surface area contributed by atoms with Gasteiger partial charge in [-0.25, -0.2) is 23.4 Å². The van der Waals surface area contributed by atoms with E-state index < -0.39 is 10.0 Å². The van der Waals surface area contributed by atoms with Crippen LogP contribution in [0, 0.1) is 6.92 Å². The van der Waals surface area contributed by atoms with Crippen molar-refractivity contribution in [1.82, 2.24) is 20.3 Å². The second-order valence-corrected chi connectivity index (χ2v) is 12.1. The quantitative estimate of drug-likeness (QED) is 0.170. The van der Waals surface area contributed by atoms with E-state index in [1.165, 1.54) is 6.07 Å². The number of rotatable bonds is 8. The van der Waals surface area contributed by atoms with Crippen LogP contribution in [0.3, 0.4) is 0 Å². The van der Waals surface area contributed by atoms with Crippen LogP contribution in [-0.2, 0) is 10.0 Å². The number of anilines is 2. The van der Waals surface area contributed by atoms with Gasteiger partial charge in [0.1, 0.15) is 10.6 Å². The van der Waals surface area contributed by atoms with Crippen molar-refractivity contribution >= 4 is 56.4 Å². The standard InChI is InChI=1S/C31H29ClN6O3S.ClH/c1-20-13-14-22-23(8-4-11-27(22)38-42(39,40)28-12-3-2-10-25(28)32)29(20)41-30-24(9-6-17-34-30)26-15-18-35-31(37-26)36-21-7-5-16-33-19-21;/h2-4,6,8-15,17-18,21,33,38H,5,7,16,19H2,1H3,(H,35,36,37);1H/t21-;/m0./s1.